The van der Waals surface area contributed by atoms with Crippen LogP contribution in [0.5, 0.6) is 0 Å². The molecule has 116 valence electrons. The minimum absolute atomic E-state index is 0.0747. The lowest BCUT2D eigenvalue weighted by Crippen LogP contribution is -2.46. The lowest BCUT2D eigenvalue weighted by atomic mass is 9.91. The van der Waals surface area contributed by atoms with Gasteiger partial charge in [-0.3, -0.25) is 4.79 Å². The number of fused-ring (bicyclic) bond motifs is 1. The van der Waals surface area contributed by atoms with Crippen molar-refractivity contribution < 1.29 is 23.1 Å². The maximum atomic E-state index is 12.2. The first kappa shape index (κ1) is 15.9. The van der Waals surface area contributed by atoms with Gasteiger partial charge in [-0.1, -0.05) is 24.3 Å². The van der Waals surface area contributed by atoms with Crippen LogP contribution in [0.15, 0.2) is 24.3 Å². The minimum Gasteiger partial charge on any atom is -0.481 e. The highest BCUT2D eigenvalue weighted by molar-refractivity contribution is 7.87. The highest BCUT2D eigenvalue weighted by atomic mass is 32.2. The van der Waals surface area contributed by atoms with Crippen LogP contribution in [0.1, 0.15) is 17.0 Å². The molecule has 0 aliphatic carbocycles. The molecule has 0 aromatic heterocycles. The molecule has 0 fully saturated rings. The first-order valence-electron chi connectivity index (χ1n) is 6.50. The summed E-state index contributed by atoms with van der Waals surface area (Å²) in [5.74, 6) is -1.88. The van der Waals surface area contributed by atoms with E-state index in [9.17, 15) is 18.3 Å². The molecule has 1 atom stereocenters. The summed E-state index contributed by atoms with van der Waals surface area (Å²) in [6.45, 7) is 0.498. The van der Waals surface area contributed by atoms with Gasteiger partial charge in [0.05, 0.1) is 12.5 Å². The van der Waals surface area contributed by atoms with Crippen molar-refractivity contribution in [2.24, 2.45) is 0 Å². The van der Waals surface area contributed by atoms with E-state index in [0.29, 0.717) is 11.1 Å². The highest BCUT2D eigenvalue weighted by Crippen LogP contribution is 2.29. The zero-order valence-corrected chi connectivity index (χ0v) is 12.5. The van der Waals surface area contributed by atoms with Gasteiger partial charge >= 0.3 is 5.97 Å². The molecule has 0 saturated heterocycles. The van der Waals surface area contributed by atoms with E-state index in [4.69, 9.17) is 4.74 Å². The summed E-state index contributed by atoms with van der Waals surface area (Å²) in [5.41, 5.74) is 1.39. The second-order valence-corrected chi connectivity index (χ2v) is 6.53. The highest BCUT2D eigenvalue weighted by Gasteiger charge is 2.35. The number of hydrogen-bond acceptors (Lipinski definition) is 4. The van der Waals surface area contributed by atoms with E-state index in [1.807, 2.05) is 0 Å². The summed E-state index contributed by atoms with van der Waals surface area (Å²) < 4.78 is 32.8. The molecule has 1 aromatic carbocycles. The van der Waals surface area contributed by atoms with Crippen LogP contribution >= 0.6 is 0 Å². The minimum atomic E-state index is -3.72. The molecule has 7 nitrogen and oxygen atoms in total. The molecule has 1 unspecified atom stereocenters. The van der Waals surface area contributed by atoms with Crippen molar-refractivity contribution in [3.8, 4) is 0 Å². The Bertz CT molecular complexity index is 617. The molecule has 2 N–H and O–H groups in total. The average molecular weight is 314 g/mol. The van der Waals surface area contributed by atoms with Crippen molar-refractivity contribution in [1.82, 2.24) is 9.03 Å². The van der Waals surface area contributed by atoms with Gasteiger partial charge < -0.3 is 9.84 Å². The molecule has 2 rings (SSSR count). The van der Waals surface area contributed by atoms with Gasteiger partial charge in [-0.25, -0.2) is 0 Å². The number of nitrogens with one attached hydrogen (secondary N) is 1. The zero-order chi connectivity index (χ0) is 15.5. The van der Waals surface area contributed by atoms with Gasteiger partial charge in [-0.05, 0) is 11.1 Å². The number of carboxylic acid groups (broad SMARTS) is 1. The smallest absolute Gasteiger partial charge is 0.312 e. The van der Waals surface area contributed by atoms with Gasteiger partial charge in [0.2, 0.25) is 0 Å². The number of ether oxygens (including phenoxy) is 1. The second kappa shape index (κ2) is 6.52. The summed E-state index contributed by atoms with van der Waals surface area (Å²) >= 11 is 0. The largest absolute Gasteiger partial charge is 0.481 e. The molecule has 8 heteroatoms. The van der Waals surface area contributed by atoms with Crippen LogP contribution in [0, 0.1) is 0 Å². The fraction of sp³-hybridized carbons (Fsp3) is 0.462. The van der Waals surface area contributed by atoms with E-state index >= 15 is 0 Å². The van der Waals surface area contributed by atoms with E-state index in [1.165, 1.54) is 7.11 Å². The molecule has 1 aliphatic heterocycles. The number of hydrogen-bond donors (Lipinski definition) is 2. The number of methoxy groups -OCH3 is 1. The molecule has 1 aromatic rings. The topological polar surface area (TPSA) is 95.9 Å². The van der Waals surface area contributed by atoms with Gasteiger partial charge in [0.25, 0.3) is 10.2 Å². The summed E-state index contributed by atoms with van der Waals surface area (Å²) in [4.78, 5) is 11.4. The van der Waals surface area contributed by atoms with Crippen molar-refractivity contribution in [2.75, 3.05) is 26.8 Å². The van der Waals surface area contributed by atoms with Gasteiger partial charge in [0, 0.05) is 26.7 Å². The third-order valence-corrected chi connectivity index (χ3v) is 4.92. The van der Waals surface area contributed by atoms with Crippen molar-refractivity contribution >= 4 is 16.2 Å². The summed E-state index contributed by atoms with van der Waals surface area (Å²) in [7, 11) is -2.25. The van der Waals surface area contributed by atoms with Gasteiger partial charge in [0.15, 0.2) is 0 Å². The first-order valence-corrected chi connectivity index (χ1v) is 7.94. The Morgan fingerprint density at radius 3 is 2.86 bits per heavy atom. The third kappa shape index (κ3) is 3.59. The number of benzene rings is 1. The Morgan fingerprint density at radius 1 is 1.48 bits per heavy atom. The van der Waals surface area contributed by atoms with Crippen LogP contribution in [-0.2, 0) is 26.3 Å². The molecule has 21 heavy (non-hydrogen) atoms. The van der Waals surface area contributed by atoms with Crippen LogP contribution in [0.25, 0.3) is 0 Å². The van der Waals surface area contributed by atoms with Gasteiger partial charge in [-0.2, -0.15) is 17.4 Å². The molecule has 0 spiro atoms. The number of aliphatic carboxylic acids is 1. The quantitative estimate of drug-likeness (QED) is 0.729. The van der Waals surface area contributed by atoms with E-state index in [2.05, 4.69) is 4.72 Å². The number of carbonyl (C=O) groups is 1. The predicted molar refractivity (Wildman–Crippen MR) is 76.0 cm³/mol. The second-order valence-electron chi connectivity index (χ2n) is 4.77. The monoisotopic (exact) mass is 314 g/mol. The summed E-state index contributed by atoms with van der Waals surface area (Å²) in [6.07, 6.45) is 0. The molecule has 0 amide bonds. The van der Waals surface area contributed by atoms with Gasteiger partial charge in [0.1, 0.15) is 0 Å². The Morgan fingerprint density at radius 2 is 2.19 bits per heavy atom. The Hall–Kier alpha value is -1.48. The summed E-state index contributed by atoms with van der Waals surface area (Å²) in [5, 5.41) is 9.32. The standard InChI is InChI=1S/C13H18N2O5S/c1-20-7-6-14-21(18,19)15-8-10-4-2-3-5-11(10)12(9-15)13(16)17/h2-5,12,14H,6-9H2,1H3,(H,16,17). The Balaban J connectivity index is 2.23. The number of nitrogens with zero attached hydrogens (tertiary/aromatic N) is 1. The summed E-state index contributed by atoms with van der Waals surface area (Å²) in [6, 6.07) is 7.01. The molecule has 1 aliphatic rings. The average Bonchev–Trinajstić information content (AvgIpc) is 2.46. The zero-order valence-electron chi connectivity index (χ0n) is 11.7. The maximum Gasteiger partial charge on any atom is 0.312 e. The SMILES string of the molecule is COCCNS(=O)(=O)N1Cc2ccccc2C(C(=O)O)C1. The van der Waals surface area contributed by atoms with Crippen molar-refractivity contribution in [3.05, 3.63) is 35.4 Å². The van der Waals surface area contributed by atoms with E-state index in [1.54, 1.807) is 24.3 Å². The van der Waals surface area contributed by atoms with E-state index in [-0.39, 0.29) is 26.2 Å². The fourth-order valence-electron chi connectivity index (χ4n) is 2.33. The Labute approximate surface area is 123 Å². The number of carboxylic acids is 1. The first-order chi connectivity index (χ1) is 9.95. The van der Waals surface area contributed by atoms with Crippen LogP contribution < -0.4 is 4.72 Å². The lowest BCUT2D eigenvalue weighted by Gasteiger charge is -2.31. The molecule has 1 heterocycles. The number of rotatable bonds is 6. The van der Waals surface area contributed by atoms with Crippen LogP contribution in [0.2, 0.25) is 0 Å². The molecule has 0 bridgehead atoms. The Kier molecular flexibility index (Phi) is 4.94. The normalized spacial score (nSPS) is 19.2. The van der Waals surface area contributed by atoms with Gasteiger partial charge in [-0.15, -0.1) is 0 Å². The third-order valence-electron chi connectivity index (χ3n) is 3.39. The van der Waals surface area contributed by atoms with Crippen LogP contribution in [0.3, 0.4) is 0 Å². The molecule has 0 saturated carbocycles. The molecule has 0 radical (unpaired) electrons. The lowest BCUT2D eigenvalue weighted by molar-refractivity contribution is -0.139. The van der Waals surface area contributed by atoms with Crippen molar-refractivity contribution in [3.63, 3.8) is 0 Å². The van der Waals surface area contributed by atoms with E-state index < -0.39 is 22.1 Å². The molecular weight excluding hydrogens is 296 g/mol. The van der Waals surface area contributed by atoms with Crippen LogP contribution in [0.4, 0.5) is 0 Å². The van der Waals surface area contributed by atoms with Crippen LogP contribution in [-0.4, -0.2) is 50.6 Å². The molecular formula is C13H18N2O5S. The fourth-order valence-corrected chi connectivity index (χ4v) is 3.51. The maximum absolute atomic E-state index is 12.2. The van der Waals surface area contributed by atoms with Crippen molar-refractivity contribution in [2.45, 2.75) is 12.5 Å². The van der Waals surface area contributed by atoms with E-state index in [0.717, 1.165) is 4.31 Å². The van der Waals surface area contributed by atoms with Crippen molar-refractivity contribution in [1.29, 1.82) is 0 Å². The predicted octanol–water partition coefficient (Wildman–Crippen LogP) is 0.151.